The zero-order valence-electron chi connectivity index (χ0n) is 12.7. The van der Waals surface area contributed by atoms with Gasteiger partial charge in [-0.15, -0.1) is 0 Å². The van der Waals surface area contributed by atoms with Gasteiger partial charge >= 0.3 is 0 Å². The monoisotopic (exact) mass is 293 g/mol. The number of nitrogens with zero attached hydrogens (tertiary/aromatic N) is 1. The number of carbonyl (C=O) groups is 1. The standard InChI is InChI=1S/C19H19NO2/c1-15(21)2-3-16-8-10-19(11-9-16)22-13-12-17-4-6-18(14-20)7-5-17/h4-11H,2-3,12-13H2,1H3. The molecule has 2 rings (SSSR count). The first kappa shape index (κ1) is 15.8. The van der Waals surface area contributed by atoms with Gasteiger partial charge in [-0.05, 0) is 48.7 Å². The number of ether oxygens (including phenoxy) is 1. The van der Waals surface area contributed by atoms with Crippen LogP contribution in [-0.2, 0) is 17.6 Å². The summed E-state index contributed by atoms with van der Waals surface area (Å²) in [4.78, 5) is 11.0. The van der Waals surface area contributed by atoms with Gasteiger partial charge in [-0.3, -0.25) is 0 Å². The first-order chi connectivity index (χ1) is 10.7. The normalized spacial score (nSPS) is 10.0. The van der Waals surface area contributed by atoms with E-state index in [2.05, 4.69) is 6.07 Å². The molecule has 0 aliphatic heterocycles. The second-order valence-electron chi connectivity index (χ2n) is 5.25. The highest BCUT2D eigenvalue weighted by molar-refractivity contribution is 5.75. The fourth-order valence-electron chi connectivity index (χ4n) is 2.11. The van der Waals surface area contributed by atoms with E-state index in [1.807, 2.05) is 48.5 Å². The molecule has 2 aromatic rings. The van der Waals surface area contributed by atoms with E-state index < -0.39 is 0 Å². The summed E-state index contributed by atoms with van der Waals surface area (Å²) in [7, 11) is 0. The number of hydrogen-bond donors (Lipinski definition) is 0. The molecule has 0 heterocycles. The minimum absolute atomic E-state index is 0.211. The maximum atomic E-state index is 11.0. The number of ketones is 1. The van der Waals surface area contributed by atoms with Gasteiger partial charge in [0.2, 0.25) is 0 Å². The van der Waals surface area contributed by atoms with Crippen molar-refractivity contribution in [1.29, 1.82) is 5.26 Å². The molecule has 0 fully saturated rings. The van der Waals surface area contributed by atoms with E-state index >= 15 is 0 Å². The molecule has 3 heteroatoms. The van der Waals surface area contributed by atoms with Crippen LogP contribution in [0, 0.1) is 11.3 Å². The van der Waals surface area contributed by atoms with Crippen molar-refractivity contribution in [3.8, 4) is 11.8 Å². The Morgan fingerprint density at radius 2 is 1.59 bits per heavy atom. The Kier molecular flexibility index (Phi) is 5.73. The van der Waals surface area contributed by atoms with Crippen molar-refractivity contribution >= 4 is 5.78 Å². The number of rotatable bonds is 7. The molecule has 0 saturated carbocycles. The third-order valence-electron chi connectivity index (χ3n) is 3.43. The second kappa shape index (κ2) is 7.99. The Morgan fingerprint density at radius 3 is 2.18 bits per heavy atom. The topological polar surface area (TPSA) is 50.1 Å². The Hall–Kier alpha value is -2.60. The maximum absolute atomic E-state index is 11.0. The number of hydrogen-bond acceptors (Lipinski definition) is 3. The zero-order chi connectivity index (χ0) is 15.8. The molecule has 2 aromatic carbocycles. The molecule has 0 amide bonds. The molecule has 0 N–H and O–H groups in total. The molecule has 0 bridgehead atoms. The van der Waals surface area contributed by atoms with Crippen LogP contribution in [-0.4, -0.2) is 12.4 Å². The number of Topliss-reactive ketones (excluding diaryl/α,β-unsaturated/α-hetero) is 1. The van der Waals surface area contributed by atoms with Crippen molar-refractivity contribution in [2.75, 3.05) is 6.61 Å². The van der Waals surface area contributed by atoms with E-state index in [1.54, 1.807) is 6.92 Å². The SMILES string of the molecule is CC(=O)CCc1ccc(OCCc2ccc(C#N)cc2)cc1. The van der Waals surface area contributed by atoms with Crippen LogP contribution < -0.4 is 4.74 Å². The van der Waals surface area contributed by atoms with Gasteiger partial charge in [-0.25, -0.2) is 0 Å². The number of aryl methyl sites for hydroxylation is 1. The smallest absolute Gasteiger partial charge is 0.130 e. The van der Waals surface area contributed by atoms with E-state index in [1.165, 1.54) is 0 Å². The van der Waals surface area contributed by atoms with Crippen LogP contribution >= 0.6 is 0 Å². The molecule has 0 radical (unpaired) electrons. The van der Waals surface area contributed by atoms with Gasteiger partial charge in [0, 0.05) is 12.8 Å². The summed E-state index contributed by atoms with van der Waals surface area (Å²) in [5, 5.41) is 8.75. The third kappa shape index (κ3) is 5.06. The van der Waals surface area contributed by atoms with E-state index in [0.717, 1.165) is 29.7 Å². The molecular weight excluding hydrogens is 274 g/mol. The van der Waals surface area contributed by atoms with Gasteiger partial charge in [0.1, 0.15) is 11.5 Å². The summed E-state index contributed by atoms with van der Waals surface area (Å²) < 4.78 is 5.72. The van der Waals surface area contributed by atoms with Crippen LogP contribution in [0.15, 0.2) is 48.5 Å². The molecule has 0 unspecified atom stereocenters. The predicted octanol–water partition coefficient (Wildman–Crippen LogP) is 3.70. The van der Waals surface area contributed by atoms with Crippen molar-refractivity contribution in [3.05, 3.63) is 65.2 Å². The Balaban J connectivity index is 1.79. The lowest BCUT2D eigenvalue weighted by atomic mass is 10.1. The quantitative estimate of drug-likeness (QED) is 0.782. The van der Waals surface area contributed by atoms with Crippen LogP contribution in [0.2, 0.25) is 0 Å². The molecule has 0 atom stereocenters. The highest BCUT2D eigenvalue weighted by Crippen LogP contribution is 2.14. The molecule has 0 aromatic heterocycles. The molecule has 3 nitrogen and oxygen atoms in total. The van der Waals surface area contributed by atoms with Crippen LogP contribution in [0.3, 0.4) is 0 Å². The van der Waals surface area contributed by atoms with E-state index in [0.29, 0.717) is 18.6 Å². The Labute approximate surface area is 131 Å². The van der Waals surface area contributed by atoms with Crippen LogP contribution in [0.4, 0.5) is 0 Å². The predicted molar refractivity (Wildman–Crippen MR) is 85.8 cm³/mol. The Bertz CT molecular complexity index is 651. The third-order valence-corrected chi connectivity index (χ3v) is 3.43. The van der Waals surface area contributed by atoms with Crippen molar-refractivity contribution in [2.24, 2.45) is 0 Å². The summed E-state index contributed by atoms with van der Waals surface area (Å²) in [5.41, 5.74) is 2.97. The zero-order valence-corrected chi connectivity index (χ0v) is 12.7. The number of carbonyl (C=O) groups excluding carboxylic acids is 1. The highest BCUT2D eigenvalue weighted by atomic mass is 16.5. The van der Waals surface area contributed by atoms with Gasteiger partial charge in [0.15, 0.2) is 0 Å². The molecule has 0 aliphatic rings. The molecule has 0 aliphatic carbocycles. The van der Waals surface area contributed by atoms with Gasteiger partial charge in [0.05, 0.1) is 18.2 Å². The van der Waals surface area contributed by atoms with Crippen LogP contribution in [0.1, 0.15) is 30.0 Å². The van der Waals surface area contributed by atoms with Crippen LogP contribution in [0.25, 0.3) is 0 Å². The van der Waals surface area contributed by atoms with Crippen molar-refractivity contribution in [2.45, 2.75) is 26.2 Å². The lowest BCUT2D eigenvalue weighted by Crippen LogP contribution is -2.01. The minimum atomic E-state index is 0.211. The second-order valence-corrected chi connectivity index (χ2v) is 5.25. The molecule has 0 saturated heterocycles. The summed E-state index contributed by atoms with van der Waals surface area (Å²) in [6.45, 7) is 2.21. The first-order valence-electron chi connectivity index (χ1n) is 7.37. The lowest BCUT2D eigenvalue weighted by Gasteiger charge is -2.07. The van der Waals surface area contributed by atoms with Gasteiger partial charge in [-0.2, -0.15) is 5.26 Å². The highest BCUT2D eigenvalue weighted by Gasteiger charge is 1.99. The van der Waals surface area contributed by atoms with Crippen molar-refractivity contribution in [1.82, 2.24) is 0 Å². The van der Waals surface area contributed by atoms with Gasteiger partial charge in [0.25, 0.3) is 0 Å². The molecule has 0 spiro atoms. The van der Waals surface area contributed by atoms with Crippen molar-refractivity contribution < 1.29 is 9.53 Å². The minimum Gasteiger partial charge on any atom is -0.493 e. The summed E-state index contributed by atoms with van der Waals surface area (Å²) in [5.74, 6) is 1.04. The van der Waals surface area contributed by atoms with E-state index in [9.17, 15) is 4.79 Å². The molecule has 22 heavy (non-hydrogen) atoms. The first-order valence-corrected chi connectivity index (χ1v) is 7.37. The summed E-state index contributed by atoms with van der Waals surface area (Å²) >= 11 is 0. The Morgan fingerprint density at radius 1 is 1.00 bits per heavy atom. The fourth-order valence-corrected chi connectivity index (χ4v) is 2.11. The maximum Gasteiger partial charge on any atom is 0.130 e. The molecular formula is C19H19NO2. The average Bonchev–Trinajstić information content (AvgIpc) is 2.55. The van der Waals surface area contributed by atoms with Gasteiger partial charge < -0.3 is 9.53 Å². The lowest BCUT2D eigenvalue weighted by molar-refractivity contribution is -0.116. The van der Waals surface area contributed by atoms with Gasteiger partial charge in [-0.1, -0.05) is 24.3 Å². The largest absolute Gasteiger partial charge is 0.493 e. The van der Waals surface area contributed by atoms with Crippen LogP contribution in [0.5, 0.6) is 5.75 Å². The van der Waals surface area contributed by atoms with E-state index in [-0.39, 0.29) is 5.78 Å². The van der Waals surface area contributed by atoms with Crippen molar-refractivity contribution in [3.63, 3.8) is 0 Å². The fraction of sp³-hybridized carbons (Fsp3) is 0.263. The van der Waals surface area contributed by atoms with E-state index in [4.69, 9.17) is 10.00 Å². The molecule has 112 valence electrons. The number of benzene rings is 2. The summed E-state index contributed by atoms with van der Waals surface area (Å²) in [6, 6.07) is 17.5. The average molecular weight is 293 g/mol. The summed E-state index contributed by atoms with van der Waals surface area (Å²) in [6.07, 6.45) is 2.16. The number of nitriles is 1.